The van der Waals surface area contributed by atoms with Crippen molar-refractivity contribution in [2.24, 2.45) is 0 Å². The van der Waals surface area contributed by atoms with Gasteiger partial charge in [0.05, 0.1) is 0 Å². The van der Waals surface area contributed by atoms with E-state index in [0.717, 1.165) is 10.9 Å². The van der Waals surface area contributed by atoms with Gasteiger partial charge < -0.3 is 13.9 Å². The van der Waals surface area contributed by atoms with Gasteiger partial charge in [-0.2, -0.15) is 0 Å². The first-order chi connectivity index (χ1) is 13.4. The van der Waals surface area contributed by atoms with Gasteiger partial charge in [-0.1, -0.05) is 38.1 Å². The van der Waals surface area contributed by atoms with E-state index >= 15 is 0 Å². The predicted octanol–water partition coefficient (Wildman–Crippen LogP) is 3.72. The summed E-state index contributed by atoms with van der Waals surface area (Å²) in [6, 6.07) is 15.1. The lowest BCUT2D eigenvalue weighted by molar-refractivity contribution is -0.144. The Hall–Kier alpha value is -3.41. The number of ketones is 1. The van der Waals surface area contributed by atoms with Crippen LogP contribution < -0.4 is 10.4 Å². The van der Waals surface area contributed by atoms with Crippen molar-refractivity contribution in [3.05, 3.63) is 76.1 Å². The zero-order valence-corrected chi connectivity index (χ0v) is 15.6. The minimum Gasteiger partial charge on any atom is -0.482 e. The first kappa shape index (κ1) is 19.4. The molecule has 2 aromatic carbocycles. The molecule has 6 nitrogen and oxygen atoms in total. The molecule has 1 heterocycles. The lowest BCUT2D eigenvalue weighted by Crippen LogP contribution is -2.19. The SMILES string of the molecule is CC(C)c1ccc(C(=O)COC(=O)COc2ccc3ccc(=O)oc3c2)cc1. The van der Waals surface area contributed by atoms with Crippen molar-refractivity contribution in [3.8, 4) is 5.75 Å². The molecule has 0 unspecified atom stereocenters. The van der Waals surface area contributed by atoms with Crippen LogP contribution in [0.25, 0.3) is 11.0 Å². The number of ether oxygens (including phenoxy) is 2. The van der Waals surface area contributed by atoms with E-state index in [1.54, 1.807) is 30.3 Å². The van der Waals surface area contributed by atoms with Gasteiger partial charge in [0, 0.05) is 23.1 Å². The smallest absolute Gasteiger partial charge is 0.344 e. The van der Waals surface area contributed by atoms with Crippen LogP contribution in [-0.4, -0.2) is 25.0 Å². The average molecular weight is 380 g/mol. The Morgan fingerprint density at radius 3 is 2.39 bits per heavy atom. The second-order valence-corrected chi connectivity index (χ2v) is 6.60. The summed E-state index contributed by atoms with van der Waals surface area (Å²) < 4.78 is 15.4. The van der Waals surface area contributed by atoms with Crippen molar-refractivity contribution in [1.29, 1.82) is 0 Å². The normalized spacial score (nSPS) is 10.8. The third-order valence-electron chi connectivity index (χ3n) is 4.21. The van der Waals surface area contributed by atoms with Crippen LogP contribution in [0.5, 0.6) is 5.75 Å². The summed E-state index contributed by atoms with van der Waals surface area (Å²) in [6.45, 7) is 3.43. The topological polar surface area (TPSA) is 82.8 Å². The molecule has 1 aromatic heterocycles. The Balaban J connectivity index is 1.51. The fourth-order valence-electron chi connectivity index (χ4n) is 2.60. The van der Waals surface area contributed by atoms with Crippen molar-refractivity contribution in [2.75, 3.05) is 13.2 Å². The summed E-state index contributed by atoms with van der Waals surface area (Å²) in [7, 11) is 0. The van der Waals surface area contributed by atoms with E-state index in [9.17, 15) is 14.4 Å². The molecule has 0 aliphatic carbocycles. The Kier molecular flexibility index (Phi) is 5.89. The molecule has 0 saturated heterocycles. The molecule has 0 aliphatic rings. The van der Waals surface area contributed by atoms with Crippen molar-refractivity contribution in [2.45, 2.75) is 19.8 Å². The van der Waals surface area contributed by atoms with Crippen LogP contribution >= 0.6 is 0 Å². The zero-order valence-electron chi connectivity index (χ0n) is 15.6. The van der Waals surface area contributed by atoms with Gasteiger partial charge in [0.2, 0.25) is 0 Å². The second-order valence-electron chi connectivity index (χ2n) is 6.60. The quantitative estimate of drug-likeness (QED) is 0.353. The Bertz CT molecular complexity index is 1050. The van der Waals surface area contributed by atoms with E-state index in [1.807, 2.05) is 12.1 Å². The summed E-state index contributed by atoms with van der Waals surface area (Å²) in [5.41, 5.74) is 1.51. The summed E-state index contributed by atoms with van der Waals surface area (Å²) in [5, 5.41) is 0.739. The number of carbonyl (C=O) groups excluding carboxylic acids is 2. The minimum absolute atomic E-state index is 0.281. The molecule has 0 aliphatic heterocycles. The van der Waals surface area contributed by atoms with Crippen LogP contribution in [0.4, 0.5) is 0 Å². The third-order valence-corrected chi connectivity index (χ3v) is 4.21. The van der Waals surface area contributed by atoms with Crippen molar-refractivity contribution >= 4 is 22.7 Å². The van der Waals surface area contributed by atoms with Crippen LogP contribution in [0.2, 0.25) is 0 Å². The van der Waals surface area contributed by atoms with E-state index in [4.69, 9.17) is 13.9 Å². The van der Waals surface area contributed by atoms with Crippen LogP contribution in [0.15, 0.2) is 63.8 Å². The number of fused-ring (bicyclic) bond motifs is 1. The number of carbonyl (C=O) groups is 2. The number of esters is 1. The molecule has 6 heteroatoms. The van der Waals surface area contributed by atoms with Gasteiger partial charge in [0.1, 0.15) is 11.3 Å². The van der Waals surface area contributed by atoms with Crippen LogP contribution in [0.1, 0.15) is 35.7 Å². The van der Waals surface area contributed by atoms with Crippen molar-refractivity contribution in [1.82, 2.24) is 0 Å². The molecule has 0 atom stereocenters. The molecule has 0 amide bonds. The Morgan fingerprint density at radius 2 is 1.68 bits per heavy atom. The maximum Gasteiger partial charge on any atom is 0.344 e. The monoisotopic (exact) mass is 380 g/mol. The maximum atomic E-state index is 12.1. The molecule has 3 aromatic rings. The van der Waals surface area contributed by atoms with E-state index in [-0.39, 0.29) is 19.0 Å². The number of rotatable bonds is 7. The van der Waals surface area contributed by atoms with E-state index in [1.165, 1.54) is 12.1 Å². The van der Waals surface area contributed by atoms with E-state index < -0.39 is 11.6 Å². The number of benzene rings is 2. The first-order valence-corrected chi connectivity index (χ1v) is 8.88. The molecule has 0 fully saturated rings. The second kappa shape index (κ2) is 8.52. The van der Waals surface area contributed by atoms with E-state index in [2.05, 4.69) is 13.8 Å². The highest BCUT2D eigenvalue weighted by molar-refractivity contribution is 5.98. The highest BCUT2D eigenvalue weighted by atomic mass is 16.6. The molecule has 3 rings (SSSR count). The van der Waals surface area contributed by atoms with Crippen LogP contribution in [0.3, 0.4) is 0 Å². The van der Waals surface area contributed by atoms with E-state index in [0.29, 0.717) is 22.8 Å². The summed E-state index contributed by atoms with van der Waals surface area (Å²) in [6.07, 6.45) is 0. The molecule has 0 saturated carbocycles. The number of Topliss-reactive ketones (excluding diaryl/α,β-unsaturated/α-hetero) is 1. The first-order valence-electron chi connectivity index (χ1n) is 8.88. The third kappa shape index (κ3) is 4.85. The van der Waals surface area contributed by atoms with Gasteiger partial charge >= 0.3 is 11.6 Å². The number of hydrogen-bond donors (Lipinski definition) is 0. The maximum absolute atomic E-state index is 12.1. The van der Waals surface area contributed by atoms with Gasteiger partial charge in [0.25, 0.3) is 0 Å². The molecular weight excluding hydrogens is 360 g/mol. The molecule has 0 spiro atoms. The zero-order chi connectivity index (χ0) is 20.1. The fraction of sp³-hybridized carbons (Fsp3) is 0.227. The standard InChI is InChI=1S/C22H20O6/c1-14(2)15-3-5-16(6-4-15)19(23)12-27-22(25)13-26-18-9-7-17-8-10-21(24)28-20(17)11-18/h3-11,14H,12-13H2,1-2H3. The summed E-state index contributed by atoms with van der Waals surface area (Å²) in [4.78, 5) is 35.2. The predicted molar refractivity (Wildman–Crippen MR) is 104 cm³/mol. The van der Waals surface area contributed by atoms with Gasteiger partial charge in [-0.05, 0) is 29.7 Å². The minimum atomic E-state index is -0.665. The molecule has 0 bridgehead atoms. The number of hydrogen-bond acceptors (Lipinski definition) is 6. The molecule has 0 N–H and O–H groups in total. The lowest BCUT2D eigenvalue weighted by Gasteiger charge is -2.08. The summed E-state index contributed by atoms with van der Waals surface area (Å²) >= 11 is 0. The van der Waals surface area contributed by atoms with Gasteiger partial charge in [-0.15, -0.1) is 0 Å². The lowest BCUT2D eigenvalue weighted by atomic mass is 10.0. The van der Waals surface area contributed by atoms with Gasteiger partial charge in [0.15, 0.2) is 19.0 Å². The fourth-order valence-corrected chi connectivity index (χ4v) is 2.60. The average Bonchev–Trinajstić information content (AvgIpc) is 2.70. The molecule has 28 heavy (non-hydrogen) atoms. The van der Waals surface area contributed by atoms with Crippen molar-refractivity contribution in [3.63, 3.8) is 0 Å². The Morgan fingerprint density at radius 1 is 0.964 bits per heavy atom. The Labute approximate surface area is 161 Å². The highest BCUT2D eigenvalue weighted by Crippen LogP contribution is 2.19. The molecular formula is C22H20O6. The van der Waals surface area contributed by atoms with Gasteiger partial charge in [-0.25, -0.2) is 9.59 Å². The van der Waals surface area contributed by atoms with Crippen LogP contribution in [0, 0.1) is 0 Å². The molecule has 0 radical (unpaired) electrons. The highest BCUT2D eigenvalue weighted by Gasteiger charge is 2.11. The van der Waals surface area contributed by atoms with Crippen molar-refractivity contribution < 1.29 is 23.5 Å². The molecule has 144 valence electrons. The van der Waals surface area contributed by atoms with Crippen LogP contribution in [-0.2, 0) is 9.53 Å². The largest absolute Gasteiger partial charge is 0.482 e. The van der Waals surface area contributed by atoms with Gasteiger partial charge in [-0.3, -0.25) is 4.79 Å². The summed E-state index contributed by atoms with van der Waals surface area (Å²) in [5.74, 6) is -0.213.